The molecule has 1 heterocycles. The number of carbonyl (C=O) groups is 2. The first-order chi connectivity index (χ1) is 8.61. The van der Waals surface area contributed by atoms with Gasteiger partial charge in [-0.25, -0.2) is 4.79 Å². The molecule has 2 N–H and O–H groups in total. The minimum Gasteiger partial charge on any atom is -0.497 e. The van der Waals surface area contributed by atoms with Crippen molar-refractivity contribution in [1.29, 1.82) is 0 Å². The number of carbonyl (C=O) groups excluding carboxylic acids is 1. The van der Waals surface area contributed by atoms with Crippen LogP contribution in [0, 0.1) is 0 Å². The lowest BCUT2D eigenvalue weighted by molar-refractivity contribution is -0.137. The van der Waals surface area contributed by atoms with E-state index >= 15 is 0 Å². The Hall–Kier alpha value is -2.24. The van der Waals surface area contributed by atoms with Crippen LogP contribution in [0.5, 0.6) is 5.75 Å². The zero-order chi connectivity index (χ0) is 13.1. The standard InChI is InChI=1S/C12H14N2O4/c1-18-10-4-2-8(3-5-10)14-9(6-11(15)16)7-13-12(14)17/h2-5,9H,6-7H2,1H3,(H,13,17)(H,15,16). The third-order valence-electron chi connectivity index (χ3n) is 2.83. The number of hydrogen-bond acceptors (Lipinski definition) is 3. The van der Waals surface area contributed by atoms with Crippen LogP contribution in [-0.4, -0.2) is 36.8 Å². The zero-order valence-corrected chi connectivity index (χ0v) is 9.92. The third-order valence-corrected chi connectivity index (χ3v) is 2.83. The van der Waals surface area contributed by atoms with Crippen LogP contribution in [0.2, 0.25) is 0 Å². The van der Waals surface area contributed by atoms with E-state index < -0.39 is 5.97 Å². The number of benzene rings is 1. The molecule has 1 fully saturated rings. The fourth-order valence-corrected chi connectivity index (χ4v) is 1.98. The molecule has 1 aliphatic heterocycles. The first-order valence-electron chi connectivity index (χ1n) is 5.54. The molecule has 1 saturated heterocycles. The largest absolute Gasteiger partial charge is 0.497 e. The molecule has 6 heteroatoms. The van der Waals surface area contributed by atoms with Gasteiger partial charge in [-0.05, 0) is 24.3 Å². The molecule has 1 aromatic carbocycles. The van der Waals surface area contributed by atoms with Crippen LogP contribution in [0.25, 0.3) is 0 Å². The van der Waals surface area contributed by atoms with Crippen LogP contribution in [-0.2, 0) is 4.79 Å². The number of carboxylic acid groups (broad SMARTS) is 1. The highest BCUT2D eigenvalue weighted by molar-refractivity contribution is 5.95. The summed E-state index contributed by atoms with van der Waals surface area (Å²) in [5.74, 6) is -0.233. The third kappa shape index (κ3) is 2.37. The molecule has 18 heavy (non-hydrogen) atoms. The number of rotatable bonds is 4. The molecule has 2 rings (SSSR count). The Bertz CT molecular complexity index is 458. The number of anilines is 1. The van der Waals surface area contributed by atoms with Crippen molar-refractivity contribution in [2.75, 3.05) is 18.6 Å². The summed E-state index contributed by atoms with van der Waals surface area (Å²) in [5, 5.41) is 11.5. The SMILES string of the molecule is COc1ccc(N2C(=O)NCC2CC(=O)O)cc1. The van der Waals surface area contributed by atoms with Gasteiger partial charge in [0.25, 0.3) is 0 Å². The van der Waals surface area contributed by atoms with Crippen LogP contribution in [0.1, 0.15) is 6.42 Å². The molecule has 0 aliphatic carbocycles. The van der Waals surface area contributed by atoms with E-state index in [1.54, 1.807) is 31.4 Å². The van der Waals surface area contributed by atoms with Gasteiger partial charge in [-0.2, -0.15) is 0 Å². The number of methoxy groups -OCH3 is 1. The molecule has 0 spiro atoms. The van der Waals surface area contributed by atoms with Crippen molar-refractivity contribution in [2.24, 2.45) is 0 Å². The Labute approximate surface area is 104 Å². The summed E-state index contributed by atoms with van der Waals surface area (Å²) in [6.45, 7) is 0.344. The van der Waals surface area contributed by atoms with Gasteiger partial charge in [0.15, 0.2) is 0 Å². The van der Waals surface area contributed by atoms with Gasteiger partial charge < -0.3 is 15.2 Å². The number of aliphatic carboxylic acids is 1. The fraction of sp³-hybridized carbons (Fsp3) is 0.333. The Morgan fingerprint density at radius 2 is 2.17 bits per heavy atom. The minimum absolute atomic E-state index is 0.0786. The molecular formula is C12H14N2O4. The van der Waals surface area contributed by atoms with Gasteiger partial charge in [0, 0.05) is 12.2 Å². The zero-order valence-electron chi connectivity index (χ0n) is 9.92. The Kier molecular flexibility index (Phi) is 3.36. The summed E-state index contributed by atoms with van der Waals surface area (Å²) < 4.78 is 5.04. The second-order valence-electron chi connectivity index (χ2n) is 4.01. The summed E-state index contributed by atoms with van der Waals surface area (Å²) >= 11 is 0. The second-order valence-corrected chi connectivity index (χ2v) is 4.01. The molecule has 0 bridgehead atoms. The highest BCUT2D eigenvalue weighted by atomic mass is 16.5. The highest BCUT2D eigenvalue weighted by Gasteiger charge is 2.33. The van der Waals surface area contributed by atoms with E-state index in [1.165, 1.54) is 4.90 Å². The summed E-state index contributed by atoms with van der Waals surface area (Å²) in [5.41, 5.74) is 0.664. The number of nitrogens with one attached hydrogen (secondary N) is 1. The van der Waals surface area contributed by atoms with Gasteiger partial charge in [0.05, 0.1) is 19.6 Å². The number of urea groups is 1. The molecule has 1 aliphatic rings. The van der Waals surface area contributed by atoms with E-state index in [4.69, 9.17) is 9.84 Å². The van der Waals surface area contributed by atoms with E-state index in [1.807, 2.05) is 0 Å². The Balaban J connectivity index is 2.21. The minimum atomic E-state index is -0.921. The Morgan fingerprint density at radius 3 is 2.72 bits per heavy atom. The van der Waals surface area contributed by atoms with Crippen molar-refractivity contribution < 1.29 is 19.4 Å². The molecule has 1 atom stereocenters. The van der Waals surface area contributed by atoms with Crippen LogP contribution < -0.4 is 15.0 Å². The number of hydrogen-bond donors (Lipinski definition) is 2. The topological polar surface area (TPSA) is 78.9 Å². The van der Waals surface area contributed by atoms with Crippen molar-refractivity contribution >= 4 is 17.7 Å². The van der Waals surface area contributed by atoms with E-state index in [0.717, 1.165) is 0 Å². The van der Waals surface area contributed by atoms with Gasteiger partial charge in [-0.1, -0.05) is 0 Å². The molecule has 1 aromatic rings. The predicted molar refractivity (Wildman–Crippen MR) is 64.9 cm³/mol. The molecule has 6 nitrogen and oxygen atoms in total. The summed E-state index contributed by atoms with van der Waals surface area (Å²) in [6, 6.07) is 6.31. The van der Waals surface area contributed by atoms with Crippen molar-refractivity contribution in [3.05, 3.63) is 24.3 Å². The fourth-order valence-electron chi connectivity index (χ4n) is 1.98. The summed E-state index contributed by atoms with van der Waals surface area (Å²) in [4.78, 5) is 23.9. The number of carboxylic acids is 1. The van der Waals surface area contributed by atoms with Gasteiger partial charge >= 0.3 is 12.0 Å². The lowest BCUT2D eigenvalue weighted by atomic mass is 10.1. The molecular weight excluding hydrogens is 236 g/mol. The van der Waals surface area contributed by atoms with Crippen molar-refractivity contribution in [3.63, 3.8) is 0 Å². The quantitative estimate of drug-likeness (QED) is 0.837. The molecule has 0 radical (unpaired) electrons. The first-order valence-corrected chi connectivity index (χ1v) is 5.54. The summed E-state index contributed by atoms with van der Waals surface area (Å²) in [7, 11) is 1.56. The Morgan fingerprint density at radius 1 is 1.50 bits per heavy atom. The average molecular weight is 250 g/mol. The predicted octanol–water partition coefficient (Wildman–Crippen LogP) is 1.07. The van der Waals surface area contributed by atoms with Crippen LogP contribution >= 0.6 is 0 Å². The number of nitrogens with zero attached hydrogens (tertiary/aromatic N) is 1. The highest BCUT2D eigenvalue weighted by Crippen LogP contribution is 2.24. The van der Waals surface area contributed by atoms with Crippen molar-refractivity contribution in [3.8, 4) is 5.75 Å². The molecule has 1 unspecified atom stereocenters. The smallest absolute Gasteiger partial charge is 0.322 e. The lowest BCUT2D eigenvalue weighted by Crippen LogP contribution is -2.35. The van der Waals surface area contributed by atoms with Gasteiger partial charge in [-0.15, -0.1) is 0 Å². The van der Waals surface area contributed by atoms with Crippen molar-refractivity contribution in [2.45, 2.75) is 12.5 Å². The van der Waals surface area contributed by atoms with Crippen LogP contribution in [0.15, 0.2) is 24.3 Å². The van der Waals surface area contributed by atoms with Crippen LogP contribution in [0.4, 0.5) is 10.5 Å². The molecule has 2 amide bonds. The van der Waals surface area contributed by atoms with E-state index in [9.17, 15) is 9.59 Å². The van der Waals surface area contributed by atoms with E-state index in [2.05, 4.69) is 5.32 Å². The maximum Gasteiger partial charge on any atom is 0.322 e. The van der Waals surface area contributed by atoms with Gasteiger partial charge in [-0.3, -0.25) is 9.69 Å². The lowest BCUT2D eigenvalue weighted by Gasteiger charge is -2.21. The first kappa shape index (κ1) is 12.2. The number of amides is 2. The molecule has 0 saturated carbocycles. The van der Waals surface area contributed by atoms with Crippen LogP contribution in [0.3, 0.4) is 0 Å². The van der Waals surface area contributed by atoms with E-state index in [0.29, 0.717) is 18.0 Å². The van der Waals surface area contributed by atoms with Crippen molar-refractivity contribution in [1.82, 2.24) is 5.32 Å². The average Bonchev–Trinajstić information content (AvgIpc) is 2.70. The monoisotopic (exact) mass is 250 g/mol. The van der Waals surface area contributed by atoms with E-state index in [-0.39, 0.29) is 18.5 Å². The molecule has 0 aromatic heterocycles. The molecule has 96 valence electrons. The maximum absolute atomic E-state index is 11.7. The second kappa shape index (κ2) is 4.95. The van der Waals surface area contributed by atoms with Gasteiger partial charge in [0.2, 0.25) is 0 Å². The summed E-state index contributed by atoms with van der Waals surface area (Å²) in [6.07, 6.45) is -0.0786. The number of ether oxygens (including phenoxy) is 1. The van der Waals surface area contributed by atoms with Gasteiger partial charge in [0.1, 0.15) is 5.75 Å². The maximum atomic E-state index is 11.7. The normalized spacial score (nSPS) is 18.6.